The molecule has 88 valence electrons. The SMILES string of the molecule is CN(CCCC(N)=S)CC1CCCOC1. The van der Waals surface area contributed by atoms with Gasteiger partial charge < -0.3 is 15.4 Å². The highest BCUT2D eigenvalue weighted by Crippen LogP contribution is 2.14. The van der Waals surface area contributed by atoms with Crippen molar-refractivity contribution in [3.05, 3.63) is 0 Å². The van der Waals surface area contributed by atoms with Crippen LogP contribution in [-0.2, 0) is 4.74 Å². The molecule has 1 aliphatic rings. The second-order valence-corrected chi connectivity index (χ2v) is 4.94. The number of thiocarbonyl (C=S) groups is 1. The Morgan fingerprint density at radius 1 is 1.60 bits per heavy atom. The summed E-state index contributed by atoms with van der Waals surface area (Å²) in [4.78, 5) is 2.99. The number of nitrogens with zero attached hydrogens (tertiary/aromatic N) is 1. The molecular weight excluding hydrogens is 208 g/mol. The van der Waals surface area contributed by atoms with Gasteiger partial charge in [-0.2, -0.15) is 0 Å². The van der Waals surface area contributed by atoms with E-state index in [2.05, 4.69) is 11.9 Å². The van der Waals surface area contributed by atoms with Crippen molar-refractivity contribution in [2.45, 2.75) is 25.7 Å². The van der Waals surface area contributed by atoms with Crippen molar-refractivity contribution >= 4 is 17.2 Å². The van der Waals surface area contributed by atoms with Crippen LogP contribution in [0.25, 0.3) is 0 Å². The molecule has 1 atom stereocenters. The van der Waals surface area contributed by atoms with Gasteiger partial charge in [0.05, 0.1) is 11.6 Å². The summed E-state index contributed by atoms with van der Waals surface area (Å²) in [5, 5.41) is 0. The zero-order valence-electron chi connectivity index (χ0n) is 9.58. The third-order valence-electron chi connectivity index (χ3n) is 2.79. The highest BCUT2D eigenvalue weighted by molar-refractivity contribution is 7.80. The van der Waals surface area contributed by atoms with Crippen molar-refractivity contribution < 1.29 is 4.74 Å². The van der Waals surface area contributed by atoms with Gasteiger partial charge in [-0.3, -0.25) is 0 Å². The summed E-state index contributed by atoms with van der Waals surface area (Å²) < 4.78 is 5.46. The first kappa shape index (κ1) is 12.9. The zero-order valence-corrected chi connectivity index (χ0v) is 10.4. The molecule has 0 saturated carbocycles. The average Bonchev–Trinajstić information content (AvgIpc) is 2.18. The molecule has 0 aromatic carbocycles. The molecule has 1 unspecified atom stereocenters. The number of hydrogen-bond donors (Lipinski definition) is 1. The Morgan fingerprint density at radius 2 is 2.40 bits per heavy atom. The molecule has 1 heterocycles. The van der Waals surface area contributed by atoms with Gasteiger partial charge in [-0.25, -0.2) is 0 Å². The molecule has 3 nitrogen and oxygen atoms in total. The maximum absolute atomic E-state index is 5.46. The molecule has 0 bridgehead atoms. The number of nitrogens with two attached hydrogens (primary N) is 1. The first-order chi connectivity index (χ1) is 7.18. The normalized spacial score (nSPS) is 21.9. The van der Waals surface area contributed by atoms with E-state index in [1.807, 2.05) is 0 Å². The average molecular weight is 230 g/mol. The van der Waals surface area contributed by atoms with Gasteiger partial charge in [-0.05, 0) is 45.2 Å². The van der Waals surface area contributed by atoms with E-state index >= 15 is 0 Å². The molecule has 0 aromatic heterocycles. The van der Waals surface area contributed by atoms with Gasteiger partial charge in [0.25, 0.3) is 0 Å². The third-order valence-corrected chi connectivity index (χ3v) is 2.99. The van der Waals surface area contributed by atoms with Crippen LogP contribution in [0.1, 0.15) is 25.7 Å². The standard InChI is InChI=1S/C11H22N2OS/c1-13(6-2-5-11(12)15)8-10-4-3-7-14-9-10/h10H,2-9H2,1H3,(H2,12,15). The quantitative estimate of drug-likeness (QED) is 0.700. The minimum Gasteiger partial charge on any atom is -0.393 e. The van der Waals surface area contributed by atoms with Crippen molar-refractivity contribution in [2.24, 2.45) is 11.7 Å². The summed E-state index contributed by atoms with van der Waals surface area (Å²) in [6.45, 7) is 4.09. The number of hydrogen-bond acceptors (Lipinski definition) is 3. The second kappa shape index (κ2) is 7.14. The Labute approximate surface area is 98.0 Å². The van der Waals surface area contributed by atoms with Crippen LogP contribution in [-0.4, -0.2) is 43.2 Å². The molecular formula is C11H22N2OS. The van der Waals surface area contributed by atoms with E-state index in [9.17, 15) is 0 Å². The molecule has 4 heteroatoms. The number of rotatable bonds is 6. The maximum Gasteiger partial charge on any atom is 0.0727 e. The Bertz CT molecular complexity index is 193. The van der Waals surface area contributed by atoms with Gasteiger partial charge in [0.15, 0.2) is 0 Å². The van der Waals surface area contributed by atoms with Crippen molar-refractivity contribution in [2.75, 3.05) is 33.4 Å². The fourth-order valence-electron chi connectivity index (χ4n) is 2.01. The van der Waals surface area contributed by atoms with Crippen LogP contribution in [0.2, 0.25) is 0 Å². The van der Waals surface area contributed by atoms with Crippen LogP contribution < -0.4 is 5.73 Å². The first-order valence-corrected chi connectivity index (χ1v) is 6.14. The van der Waals surface area contributed by atoms with E-state index in [0.29, 0.717) is 10.9 Å². The van der Waals surface area contributed by atoms with Gasteiger partial charge in [0.1, 0.15) is 0 Å². The van der Waals surface area contributed by atoms with E-state index in [-0.39, 0.29) is 0 Å². The van der Waals surface area contributed by atoms with E-state index in [1.54, 1.807) is 0 Å². The second-order valence-electron chi connectivity index (χ2n) is 4.42. The largest absolute Gasteiger partial charge is 0.393 e. The van der Waals surface area contributed by atoms with Crippen molar-refractivity contribution in [1.29, 1.82) is 0 Å². The van der Waals surface area contributed by atoms with Gasteiger partial charge in [-0.15, -0.1) is 0 Å². The lowest BCUT2D eigenvalue weighted by atomic mass is 10.0. The smallest absolute Gasteiger partial charge is 0.0727 e. The van der Waals surface area contributed by atoms with Crippen LogP contribution in [0.4, 0.5) is 0 Å². The molecule has 15 heavy (non-hydrogen) atoms. The minimum absolute atomic E-state index is 0.629. The van der Waals surface area contributed by atoms with Gasteiger partial charge in [0, 0.05) is 13.2 Å². The molecule has 1 saturated heterocycles. The van der Waals surface area contributed by atoms with Crippen LogP contribution >= 0.6 is 12.2 Å². The van der Waals surface area contributed by atoms with Gasteiger partial charge in [0.2, 0.25) is 0 Å². The molecule has 0 amide bonds. The summed E-state index contributed by atoms with van der Waals surface area (Å²) in [5.41, 5.74) is 5.46. The first-order valence-electron chi connectivity index (χ1n) is 5.73. The van der Waals surface area contributed by atoms with E-state index in [4.69, 9.17) is 22.7 Å². The molecule has 1 rings (SSSR count). The summed E-state index contributed by atoms with van der Waals surface area (Å²) in [6, 6.07) is 0. The van der Waals surface area contributed by atoms with Crippen LogP contribution in [0.15, 0.2) is 0 Å². The Balaban J connectivity index is 2.06. The molecule has 1 aliphatic heterocycles. The molecule has 2 N–H and O–H groups in total. The molecule has 0 aromatic rings. The van der Waals surface area contributed by atoms with E-state index in [0.717, 1.165) is 39.1 Å². The summed E-state index contributed by atoms with van der Waals surface area (Å²) >= 11 is 4.85. The molecule has 0 radical (unpaired) electrons. The predicted octanol–water partition coefficient (Wildman–Crippen LogP) is 1.41. The van der Waals surface area contributed by atoms with Gasteiger partial charge >= 0.3 is 0 Å². The Morgan fingerprint density at radius 3 is 3.00 bits per heavy atom. The van der Waals surface area contributed by atoms with E-state index in [1.165, 1.54) is 12.8 Å². The van der Waals surface area contributed by atoms with E-state index < -0.39 is 0 Å². The fraction of sp³-hybridized carbons (Fsp3) is 0.909. The maximum atomic E-state index is 5.46. The Kier molecular flexibility index (Phi) is 6.13. The van der Waals surface area contributed by atoms with Gasteiger partial charge in [-0.1, -0.05) is 12.2 Å². The lowest BCUT2D eigenvalue weighted by Crippen LogP contribution is -2.31. The highest BCUT2D eigenvalue weighted by Gasteiger charge is 2.15. The monoisotopic (exact) mass is 230 g/mol. The van der Waals surface area contributed by atoms with Crippen LogP contribution in [0, 0.1) is 5.92 Å². The summed E-state index contributed by atoms with van der Waals surface area (Å²) in [7, 11) is 2.16. The van der Waals surface area contributed by atoms with Crippen molar-refractivity contribution in [1.82, 2.24) is 4.90 Å². The third kappa shape index (κ3) is 6.07. The lowest BCUT2D eigenvalue weighted by Gasteiger charge is -2.27. The summed E-state index contributed by atoms with van der Waals surface area (Å²) in [5.74, 6) is 0.716. The van der Waals surface area contributed by atoms with Crippen LogP contribution in [0.3, 0.4) is 0 Å². The molecule has 0 spiro atoms. The van der Waals surface area contributed by atoms with Crippen molar-refractivity contribution in [3.8, 4) is 0 Å². The van der Waals surface area contributed by atoms with Crippen molar-refractivity contribution in [3.63, 3.8) is 0 Å². The topological polar surface area (TPSA) is 38.5 Å². The fourth-order valence-corrected chi connectivity index (χ4v) is 2.15. The highest BCUT2D eigenvalue weighted by atomic mass is 32.1. The molecule has 0 aliphatic carbocycles. The summed E-state index contributed by atoms with van der Waals surface area (Å²) in [6.07, 6.45) is 4.45. The van der Waals surface area contributed by atoms with Crippen LogP contribution in [0.5, 0.6) is 0 Å². The predicted molar refractivity (Wildman–Crippen MR) is 67.1 cm³/mol. The molecule has 1 fully saturated rings. The number of ether oxygens (including phenoxy) is 1. The lowest BCUT2D eigenvalue weighted by molar-refractivity contribution is 0.0420. The zero-order chi connectivity index (χ0) is 11.1. The minimum atomic E-state index is 0.629. The Hall–Kier alpha value is -0.190.